The molecule has 2 atom stereocenters. The van der Waals surface area contributed by atoms with Gasteiger partial charge in [0.2, 0.25) is 0 Å². The zero-order valence-electron chi connectivity index (χ0n) is 20.4. The summed E-state index contributed by atoms with van der Waals surface area (Å²) in [6, 6.07) is 23.9. The third kappa shape index (κ3) is 3.76. The highest BCUT2D eigenvalue weighted by atomic mass is 16.5. The lowest BCUT2D eigenvalue weighted by Gasteiger charge is -2.25. The molecule has 0 aromatic heterocycles. The van der Waals surface area contributed by atoms with E-state index >= 15 is 0 Å². The lowest BCUT2D eigenvalue weighted by molar-refractivity contribution is -0.140. The summed E-state index contributed by atoms with van der Waals surface area (Å²) in [7, 11) is 1.60. The Bertz CT molecular complexity index is 1420. The molecular formula is C29H26N4O4. The van der Waals surface area contributed by atoms with Crippen LogP contribution in [-0.2, 0) is 21.5 Å². The first-order valence-electron chi connectivity index (χ1n) is 12.3. The number of hydrogen-bond donors (Lipinski definition) is 1. The van der Waals surface area contributed by atoms with Crippen molar-refractivity contribution in [3.8, 4) is 5.75 Å². The largest absolute Gasteiger partial charge is 0.497 e. The fraction of sp³-hybridized carbons (Fsp3) is 0.241. The molecule has 1 aliphatic carbocycles. The van der Waals surface area contributed by atoms with Gasteiger partial charge in [0.1, 0.15) is 17.8 Å². The Kier molecular flexibility index (Phi) is 5.52. The van der Waals surface area contributed by atoms with Crippen molar-refractivity contribution in [1.82, 2.24) is 15.2 Å². The molecule has 2 heterocycles. The highest BCUT2D eigenvalue weighted by Gasteiger charge is 2.55. The van der Waals surface area contributed by atoms with Gasteiger partial charge in [0, 0.05) is 6.42 Å². The second kappa shape index (κ2) is 8.89. The van der Waals surface area contributed by atoms with Gasteiger partial charge in [-0.05, 0) is 47.2 Å². The molecule has 1 N–H and O–H groups in total. The van der Waals surface area contributed by atoms with Crippen LogP contribution in [-0.4, -0.2) is 47.1 Å². The van der Waals surface area contributed by atoms with E-state index in [0.717, 1.165) is 32.9 Å². The topological polar surface area (TPSA) is 91.3 Å². The van der Waals surface area contributed by atoms with E-state index < -0.39 is 17.5 Å². The Morgan fingerprint density at radius 3 is 2.51 bits per heavy atom. The van der Waals surface area contributed by atoms with E-state index in [2.05, 4.69) is 10.4 Å². The molecule has 3 aliphatic rings. The molecule has 8 heteroatoms. The number of ether oxygens (including phenoxy) is 1. The first-order chi connectivity index (χ1) is 18.0. The molecule has 0 unspecified atom stereocenters. The number of urea groups is 1. The number of aryl methyl sites for hydroxylation is 1. The van der Waals surface area contributed by atoms with Crippen LogP contribution in [0.5, 0.6) is 5.75 Å². The lowest BCUT2D eigenvalue weighted by atomic mass is 9.92. The van der Waals surface area contributed by atoms with Crippen molar-refractivity contribution >= 4 is 23.6 Å². The number of hydrogen-bond acceptors (Lipinski definition) is 5. The quantitative estimate of drug-likeness (QED) is 0.547. The molecule has 3 aromatic rings. The first-order valence-corrected chi connectivity index (χ1v) is 12.3. The van der Waals surface area contributed by atoms with Gasteiger partial charge in [0.05, 0.1) is 18.9 Å². The lowest BCUT2D eigenvalue weighted by Crippen LogP contribution is -2.44. The number of imide groups is 1. The number of methoxy groups -OCH3 is 1. The summed E-state index contributed by atoms with van der Waals surface area (Å²) < 4.78 is 5.28. The minimum Gasteiger partial charge on any atom is -0.497 e. The van der Waals surface area contributed by atoms with E-state index in [4.69, 9.17) is 4.74 Å². The van der Waals surface area contributed by atoms with E-state index in [1.54, 1.807) is 7.11 Å². The maximum Gasteiger partial charge on any atom is 0.325 e. The maximum absolute atomic E-state index is 13.6. The molecule has 8 nitrogen and oxygen atoms in total. The van der Waals surface area contributed by atoms with Gasteiger partial charge < -0.3 is 10.1 Å². The van der Waals surface area contributed by atoms with Crippen LogP contribution in [0.1, 0.15) is 41.1 Å². The first kappa shape index (κ1) is 23.0. The van der Waals surface area contributed by atoms with E-state index in [9.17, 15) is 14.4 Å². The molecule has 4 amide bonds. The van der Waals surface area contributed by atoms with Crippen molar-refractivity contribution in [2.75, 3.05) is 13.7 Å². The van der Waals surface area contributed by atoms with Crippen molar-refractivity contribution in [1.29, 1.82) is 0 Å². The summed E-state index contributed by atoms with van der Waals surface area (Å²) in [5, 5.41) is 8.98. The number of amides is 4. The minimum absolute atomic E-state index is 0.365. The van der Waals surface area contributed by atoms with E-state index in [1.807, 2.05) is 78.9 Å². The van der Waals surface area contributed by atoms with Crippen LogP contribution in [0.3, 0.4) is 0 Å². The number of nitrogens with one attached hydrogen (secondary N) is 1. The molecule has 0 radical (unpaired) electrons. The Morgan fingerprint density at radius 1 is 1.03 bits per heavy atom. The van der Waals surface area contributed by atoms with E-state index in [0.29, 0.717) is 25.0 Å². The van der Waals surface area contributed by atoms with Crippen LogP contribution in [0.4, 0.5) is 4.79 Å². The van der Waals surface area contributed by atoms with Crippen LogP contribution in [0, 0.1) is 0 Å². The van der Waals surface area contributed by atoms with Crippen molar-refractivity contribution < 1.29 is 19.1 Å². The van der Waals surface area contributed by atoms with Gasteiger partial charge in [-0.3, -0.25) is 14.5 Å². The number of rotatable bonds is 5. The number of fused-ring (bicyclic) bond motifs is 2. The summed E-state index contributed by atoms with van der Waals surface area (Å²) in [6.45, 7) is -0.382. The Labute approximate surface area is 214 Å². The Morgan fingerprint density at radius 2 is 1.76 bits per heavy atom. The van der Waals surface area contributed by atoms with Crippen molar-refractivity contribution in [2.24, 2.45) is 5.10 Å². The average molecular weight is 495 g/mol. The Hall–Kier alpha value is -4.46. The summed E-state index contributed by atoms with van der Waals surface area (Å²) in [5.41, 5.74) is 3.33. The highest BCUT2D eigenvalue weighted by Crippen LogP contribution is 2.41. The fourth-order valence-corrected chi connectivity index (χ4v) is 5.57. The third-order valence-electron chi connectivity index (χ3n) is 7.49. The summed E-state index contributed by atoms with van der Waals surface area (Å²) >= 11 is 0. The molecule has 1 saturated heterocycles. The minimum atomic E-state index is -1.10. The molecule has 6 rings (SSSR count). The second-order valence-corrected chi connectivity index (χ2v) is 9.53. The summed E-state index contributed by atoms with van der Waals surface area (Å²) in [5.74, 6) is -0.0906. The van der Waals surface area contributed by atoms with Crippen LogP contribution in [0.15, 0.2) is 84.0 Å². The van der Waals surface area contributed by atoms with Gasteiger partial charge in [-0.15, -0.1) is 0 Å². The van der Waals surface area contributed by atoms with Crippen molar-refractivity contribution in [3.63, 3.8) is 0 Å². The normalized spacial score (nSPS) is 22.3. The van der Waals surface area contributed by atoms with Gasteiger partial charge in [0.25, 0.3) is 11.8 Å². The molecule has 1 fully saturated rings. The van der Waals surface area contributed by atoms with Gasteiger partial charge in [-0.25, -0.2) is 9.80 Å². The molecule has 0 bridgehead atoms. The summed E-state index contributed by atoms with van der Waals surface area (Å²) in [4.78, 5) is 41.2. The van der Waals surface area contributed by atoms with Crippen LogP contribution < -0.4 is 10.1 Å². The zero-order valence-corrected chi connectivity index (χ0v) is 20.4. The molecule has 3 aromatic carbocycles. The zero-order chi connectivity index (χ0) is 25.6. The maximum atomic E-state index is 13.6. The monoisotopic (exact) mass is 494 g/mol. The second-order valence-electron chi connectivity index (χ2n) is 9.53. The van der Waals surface area contributed by atoms with Gasteiger partial charge >= 0.3 is 6.03 Å². The van der Waals surface area contributed by atoms with Gasteiger partial charge in [0.15, 0.2) is 0 Å². The molecular weight excluding hydrogens is 468 g/mol. The van der Waals surface area contributed by atoms with Crippen LogP contribution in [0.25, 0.3) is 0 Å². The van der Waals surface area contributed by atoms with Crippen molar-refractivity contribution in [3.05, 3.63) is 101 Å². The predicted octanol–water partition coefficient (Wildman–Crippen LogP) is 3.77. The fourth-order valence-electron chi connectivity index (χ4n) is 5.57. The smallest absolute Gasteiger partial charge is 0.325 e. The van der Waals surface area contributed by atoms with Crippen LogP contribution >= 0.6 is 0 Å². The van der Waals surface area contributed by atoms with Gasteiger partial charge in [-0.2, -0.15) is 5.10 Å². The number of carbonyl (C=O) groups excluding carboxylic acids is 3. The number of nitrogens with zero attached hydrogens (tertiary/aromatic N) is 3. The molecule has 1 spiro atoms. The SMILES string of the molecule is COc1ccc([C@H]2CC(c3ccccc3)=NN2C(=O)CN2C(=O)N[C@@]3(CCc4ccccc43)C2=O)cc1. The Balaban J connectivity index is 1.29. The number of hydrazone groups is 1. The van der Waals surface area contributed by atoms with E-state index in [-0.39, 0.29) is 18.5 Å². The van der Waals surface area contributed by atoms with Gasteiger partial charge in [-0.1, -0.05) is 66.7 Å². The average Bonchev–Trinajstić information content (AvgIpc) is 3.61. The number of carbonyl (C=O) groups is 3. The van der Waals surface area contributed by atoms with E-state index in [1.165, 1.54) is 5.01 Å². The molecule has 37 heavy (non-hydrogen) atoms. The molecule has 0 saturated carbocycles. The highest BCUT2D eigenvalue weighted by molar-refractivity contribution is 6.10. The standard InChI is InChI=1S/C29H26N4O4/c1-37-22-13-11-21(12-14-22)25-17-24(20-8-3-2-4-9-20)31-33(25)26(34)18-32-27(35)29(30-28(32)36)16-15-19-7-5-6-10-23(19)29/h2-14,25H,15-18H2,1H3,(H,30,36)/t25-,29-/m1/s1. The van der Waals surface area contributed by atoms with Crippen molar-refractivity contribution in [2.45, 2.75) is 30.8 Å². The summed E-state index contributed by atoms with van der Waals surface area (Å²) in [6.07, 6.45) is 1.69. The predicted molar refractivity (Wildman–Crippen MR) is 137 cm³/mol. The third-order valence-corrected chi connectivity index (χ3v) is 7.49. The van der Waals surface area contributed by atoms with Crippen LogP contribution in [0.2, 0.25) is 0 Å². The molecule has 2 aliphatic heterocycles. The number of benzene rings is 3. The molecule has 186 valence electrons.